The Labute approximate surface area is 245 Å². The summed E-state index contributed by atoms with van der Waals surface area (Å²) in [5, 5.41) is 4.05. The Hall–Kier alpha value is -4.63. The highest BCUT2D eigenvalue weighted by Gasteiger charge is 2.12. The molecule has 2 heterocycles. The number of amides is 1. The molecule has 7 nitrogen and oxygen atoms in total. The molecule has 0 fully saturated rings. The van der Waals surface area contributed by atoms with Gasteiger partial charge in [0.05, 0.1) is 6.21 Å². The number of carbonyl (C=O) groups excluding carboxylic acids is 1. The first kappa shape index (κ1) is 27.9. The van der Waals surface area contributed by atoms with Crippen LogP contribution < -0.4 is 14.9 Å². The molecule has 3 aromatic carbocycles. The summed E-state index contributed by atoms with van der Waals surface area (Å²) < 4.78 is 33.8. The number of hydrogen-bond donors (Lipinski definition) is 1. The molecule has 0 aliphatic heterocycles. The summed E-state index contributed by atoms with van der Waals surface area (Å²) in [6, 6.07) is 26.8. The molecule has 1 amide bonds. The number of hydrazone groups is 1. The van der Waals surface area contributed by atoms with Crippen LogP contribution in [0.4, 0.5) is 4.39 Å². The van der Waals surface area contributed by atoms with Crippen molar-refractivity contribution in [3.63, 3.8) is 0 Å². The van der Waals surface area contributed by atoms with Gasteiger partial charge in [-0.1, -0.05) is 28.1 Å². The Balaban J connectivity index is 1.15. The monoisotopic (exact) mass is 615 g/mol. The van der Waals surface area contributed by atoms with Crippen molar-refractivity contribution in [2.45, 2.75) is 27.1 Å². The van der Waals surface area contributed by atoms with E-state index in [0.717, 1.165) is 21.5 Å². The number of benzene rings is 3. The summed E-state index contributed by atoms with van der Waals surface area (Å²) in [6.45, 7) is 4.48. The zero-order valence-corrected chi connectivity index (χ0v) is 24.0. The van der Waals surface area contributed by atoms with Gasteiger partial charge in [-0.15, -0.1) is 0 Å². The maximum absolute atomic E-state index is 13.5. The fraction of sp³-hybridized carbons (Fsp3) is 0.125. The van der Waals surface area contributed by atoms with Crippen molar-refractivity contribution in [3.05, 3.63) is 135 Å². The zero-order valence-electron chi connectivity index (χ0n) is 22.4. The maximum Gasteiger partial charge on any atom is 0.307 e. The van der Waals surface area contributed by atoms with Gasteiger partial charge in [-0.25, -0.2) is 9.82 Å². The standard InChI is InChI=1S/C32H27BrFN3O4/c1-21-6-7-22(2)37(21)27-9-11-28(12-10-27)39-20-29-13-15-31(41-29)32(38)36-35-18-24-17-25(33)8-14-30(24)40-19-23-4-3-5-26(34)16-23/h3-18H,19-20H2,1-2H3,(H,36,38)/b35-18+. The van der Waals surface area contributed by atoms with Crippen LogP contribution >= 0.6 is 15.9 Å². The average Bonchev–Trinajstić information content (AvgIpc) is 3.58. The Morgan fingerprint density at radius 3 is 2.49 bits per heavy atom. The molecule has 5 rings (SSSR count). The van der Waals surface area contributed by atoms with E-state index in [1.54, 1.807) is 36.4 Å². The summed E-state index contributed by atoms with van der Waals surface area (Å²) in [6.07, 6.45) is 1.47. The number of furan rings is 1. The van der Waals surface area contributed by atoms with Crippen molar-refractivity contribution < 1.29 is 23.1 Å². The minimum absolute atomic E-state index is 0.103. The fourth-order valence-electron chi connectivity index (χ4n) is 4.25. The number of carbonyl (C=O) groups is 1. The normalized spacial score (nSPS) is 11.1. The van der Waals surface area contributed by atoms with Gasteiger partial charge < -0.3 is 18.5 Å². The second-order valence-electron chi connectivity index (χ2n) is 9.30. The van der Waals surface area contributed by atoms with Crippen LogP contribution in [0.3, 0.4) is 0 Å². The van der Waals surface area contributed by atoms with Gasteiger partial charge in [-0.3, -0.25) is 4.79 Å². The molecule has 0 radical (unpaired) electrons. The fourth-order valence-corrected chi connectivity index (χ4v) is 4.63. The minimum atomic E-state index is -0.508. The molecular formula is C32H27BrFN3O4. The molecule has 0 saturated carbocycles. The van der Waals surface area contributed by atoms with Crippen molar-refractivity contribution in [1.82, 2.24) is 9.99 Å². The van der Waals surface area contributed by atoms with E-state index in [0.29, 0.717) is 28.4 Å². The molecule has 0 unspecified atom stereocenters. The molecule has 2 aromatic heterocycles. The summed E-state index contributed by atoms with van der Waals surface area (Å²) in [7, 11) is 0. The van der Waals surface area contributed by atoms with E-state index in [2.05, 4.69) is 57.0 Å². The average molecular weight is 616 g/mol. The molecule has 0 bridgehead atoms. The molecule has 0 spiro atoms. The van der Waals surface area contributed by atoms with Crippen molar-refractivity contribution in [2.75, 3.05) is 0 Å². The second-order valence-corrected chi connectivity index (χ2v) is 10.2. The molecule has 41 heavy (non-hydrogen) atoms. The molecule has 0 aliphatic rings. The molecule has 1 N–H and O–H groups in total. The molecular weight excluding hydrogens is 589 g/mol. The molecule has 0 aliphatic carbocycles. The number of rotatable bonds is 10. The van der Waals surface area contributed by atoms with E-state index in [9.17, 15) is 9.18 Å². The van der Waals surface area contributed by atoms with Gasteiger partial charge in [0.2, 0.25) is 0 Å². The van der Waals surface area contributed by atoms with Gasteiger partial charge in [-0.2, -0.15) is 5.10 Å². The van der Waals surface area contributed by atoms with E-state index < -0.39 is 5.91 Å². The lowest BCUT2D eigenvalue weighted by Crippen LogP contribution is -2.16. The van der Waals surface area contributed by atoms with Gasteiger partial charge in [0.1, 0.15) is 36.3 Å². The predicted octanol–water partition coefficient (Wildman–Crippen LogP) is 7.51. The van der Waals surface area contributed by atoms with Crippen molar-refractivity contribution in [2.24, 2.45) is 5.10 Å². The maximum atomic E-state index is 13.5. The molecule has 208 valence electrons. The van der Waals surface area contributed by atoms with Gasteiger partial charge >= 0.3 is 5.91 Å². The van der Waals surface area contributed by atoms with Crippen LogP contribution in [0.15, 0.2) is 105 Å². The summed E-state index contributed by atoms with van der Waals surface area (Å²) in [4.78, 5) is 12.6. The zero-order chi connectivity index (χ0) is 28.8. The topological polar surface area (TPSA) is 78.0 Å². The summed E-state index contributed by atoms with van der Waals surface area (Å²) >= 11 is 3.43. The minimum Gasteiger partial charge on any atom is -0.488 e. The SMILES string of the molecule is Cc1ccc(C)n1-c1ccc(OCc2ccc(C(=O)N/N=C/c3cc(Br)ccc3OCc3cccc(F)c3)o2)cc1. The number of aromatic nitrogens is 1. The molecule has 0 atom stereocenters. The highest BCUT2D eigenvalue weighted by molar-refractivity contribution is 9.10. The lowest BCUT2D eigenvalue weighted by atomic mass is 10.2. The van der Waals surface area contributed by atoms with Crippen LogP contribution in [0.25, 0.3) is 5.69 Å². The van der Waals surface area contributed by atoms with E-state index in [4.69, 9.17) is 13.9 Å². The highest BCUT2D eigenvalue weighted by Crippen LogP contribution is 2.24. The van der Waals surface area contributed by atoms with E-state index >= 15 is 0 Å². The smallest absolute Gasteiger partial charge is 0.307 e. The molecule has 9 heteroatoms. The van der Waals surface area contributed by atoms with Gasteiger partial charge in [0.15, 0.2) is 5.76 Å². The van der Waals surface area contributed by atoms with Crippen LogP contribution in [0.5, 0.6) is 11.5 Å². The van der Waals surface area contributed by atoms with Gasteiger partial charge in [0.25, 0.3) is 0 Å². The predicted molar refractivity (Wildman–Crippen MR) is 158 cm³/mol. The van der Waals surface area contributed by atoms with E-state index in [1.165, 1.54) is 18.3 Å². The third kappa shape index (κ3) is 7.12. The Morgan fingerprint density at radius 1 is 0.951 bits per heavy atom. The largest absolute Gasteiger partial charge is 0.488 e. The van der Waals surface area contributed by atoms with Gasteiger partial charge in [-0.05, 0) is 98.3 Å². The second kappa shape index (κ2) is 12.7. The number of nitrogens with zero attached hydrogens (tertiary/aromatic N) is 2. The van der Waals surface area contributed by atoms with Crippen LogP contribution in [0.1, 0.15) is 38.8 Å². The van der Waals surface area contributed by atoms with Crippen molar-refractivity contribution >= 4 is 28.1 Å². The third-order valence-electron chi connectivity index (χ3n) is 6.26. The summed E-state index contributed by atoms with van der Waals surface area (Å²) in [5.41, 5.74) is 7.16. The first-order chi connectivity index (χ1) is 19.9. The Kier molecular flexibility index (Phi) is 8.64. The Bertz CT molecular complexity index is 1670. The lowest BCUT2D eigenvalue weighted by molar-refractivity contribution is 0.0923. The van der Waals surface area contributed by atoms with E-state index in [1.807, 2.05) is 30.3 Å². The van der Waals surface area contributed by atoms with Gasteiger partial charge in [0, 0.05) is 27.1 Å². The number of ether oxygens (including phenoxy) is 2. The summed E-state index contributed by atoms with van der Waals surface area (Å²) in [5.74, 6) is 0.983. The third-order valence-corrected chi connectivity index (χ3v) is 6.75. The van der Waals surface area contributed by atoms with Crippen molar-refractivity contribution in [3.8, 4) is 17.2 Å². The molecule has 0 saturated heterocycles. The number of halogens is 2. The Morgan fingerprint density at radius 2 is 1.73 bits per heavy atom. The van der Waals surface area contributed by atoms with E-state index in [-0.39, 0.29) is 24.8 Å². The lowest BCUT2D eigenvalue weighted by Gasteiger charge is -2.10. The first-order valence-corrected chi connectivity index (χ1v) is 13.6. The number of aryl methyl sites for hydroxylation is 2. The first-order valence-electron chi connectivity index (χ1n) is 12.8. The molecule has 5 aromatic rings. The van der Waals surface area contributed by atoms with Crippen LogP contribution in [-0.4, -0.2) is 16.7 Å². The van der Waals surface area contributed by atoms with Crippen molar-refractivity contribution in [1.29, 1.82) is 0 Å². The number of nitrogens with one attached hydrogen (secondary N) is 1. The van der Waals surface area contributed by atoms with Crippen LogP contribution in [0, 0.1) is 19.7 Å². The highest BCUT2D eigenvalue weighted by atomic mass is 79.9. The quantitative estimate of drug-likeness (QED) is 0.130. The van der Waals surface area contributed by atoms with Crippen LogP contribution in [0.2, 0.25) is 0 Å². The number of hydrogen-bond acceptors (Lipinski definition) is 5. The van der Waals surface area contributed by atoms with Crippen LogP contribution in [-0.2, 0) is 13.2 Å².